The highest BCUT2D eigenvalue weighted by atomic mass is 32.9. The van der Waals surface area contributed by atoms with Crippen molar-refractivity contribution in [1.29, 1.82) is 0 Å². The number of rotatable bonds is 2. The monoisotopic (exact) mass is 302 g/mol. The third-order valence-electron chi connectivity index (χ3n) is 2.56. The van der Waals surface area contributed by atoms with Gasteiger partial charge in [0.1, 0.15) is 0 Å². The summed E-state index contributed by atoms with van der Waals surface area (Å²) in [5, 5.41) is 7.51. The van der Waals surface area contributed by atoms with E-state index in [0.717, 1.165) is 10.1 Å². The lowest BCUT2D eigenvalue weighted by Gasteiger charge is -2.00. The van der Waals surface area contributed by atoms with Gasteiger partial charge < -0.3 is 0 Å². The molecule has 2 aromatic carbocycles. The number of amides is 1. The Bertz CT molecular complexity index is 793. The minimum Gasteiger partial charge on any atom is -0.296 e. The van der Waals surface area contributed by atoms with Gasteiger partial charge in [0.2, 0.25) is 0 Å². The molecule has 6 heteroatoms. The van der Waals surface area contributed by atoms with Gasteiger partial charge in [0, 0.05) is 15.8 Å². The fourth-order valence-corrected chi connectivity index (χ4v) is 3.91. The van der Waals surface area contributed by atoms with Crippen LogP contribution in [0.1, 0.15) is 0 Å². The van der Waals surface area contributed by atoms with Gasteiger partial charge in [-0.1, -0.05) is 62.2 Å². The lowest BCUT2D eigenvalue weighted by Crippen LogP contribution is -2.12. The summed E-state index contributed by atoms with van der Waals surface area (Å²) in [6.45, 7) is 0. The van der Waals surface area contributed by atoms with Gasteiger partial charge in [0.15, 0.2) is 4.67 Å². The van der Waals surface area contributed by atoms with E-state index in [1.54, 1.807) is 22.5 Å². The van der Waals surface area contributed by atoms with Gasteiger partial charge in [-0.15, -0.1) is 0 Å². The number of nitrogens with one attached hydrogen (secondary N) is 1. The second-order valence-corrected chi connectivity index (χ2v) is 6.09. The predicted octanol–water partition coefficient (Wildman–Crippen LogP) is 4.03. The number of carbonyl (C=O) groups excluding carboxylic acids is 1. The van der Waals surface area contributed by atoms with Crippen LogP contribution in [0.15, 0.2) is 59.8 Å². The first-order valence-corrected chi connectivity index (χ1v) is 8.03. The second kappa shape index (κ2) is 5.85. The van der Waals surface area contributed by atoms with Gasteiger partial charge in [-0.05, 0) is 18.2 Å². The van der Waals surface area contributed by atoms with Crippen LogP contribution >= 0.6 is 20.7 Å². The summed E-state index contributed by atoms with van der Waals surface area (Å²) in [4.78, 5) is 16.5. The third-order valence-corrected chi connectivity index (χ3v) is 4.89. The van der Waals surface area contributed by atoms with E-state index >= 15 is 0 Å². The quantitative estimate of drug-likeness (QED) is 0.441. The first-order valence-electron chi connectivity index (χ1n) is 5.88. The number of fused-ring (bicyclic) bond motifs is 1. The Morgan fingerprint density at radius 2 is 1.75 bits per heavy atom. The maximum atomic E-state index is 11.6. The first kappa shape index (κ1) is 12.8. The van der Waals surface area contributed by atoms with Crippen LogP contribution in [-0.2, 0) is 4.84 Å². The maximum Gasteiger partial charge on any atom is 0.437 e. The maximum absolute atomic E-state index is 11.6. The van der Waals surface area contributed by atoms with E-state index in [1.165, 1.54) is 10.3 Å². The Morgan fingerprint density at radius 3 is 2.60 bits per heavy atom. The van der Waals surface area contributed by atoms with Gasteiger partial charge in [-0.3, -0.25) is 10.2 Å². The number of para-hydroxylation sites is 1. The molecule has 100 valence electrons. The summed E-state index contributed by atoms with van der Waals surface area (Å²) >= 11 is 0. The van der Waals surface area contributed by atoms with Crippen LogP contribution in [-0.4, -0.2) is 6.09 Å². The fraction of sp³-hybridized carbons (Fsp3) is 0. The van der Waals surface area contributed by atoms with Gasteiger partial charge in [-0.25, -0.2) is 4.79 Å². The highest BCUT2D eigenvalue weighted by molar-refractivity contribution is 7.71. The van der Waals surface area contributed by atoms with Crippen molar-refractivity contribution in [1.82, 2.24) is 0 Å². The summed E-state index contributed by atoms with van der Waals surface area (Å²) in [5.41, 5.74) is 0.673. The zero-order chi connectivity index (χ0) is 13.8. The number of benzene rings is 2. The smallest absolute Gasteiger partial charge is 0.296 e. The molecule has 4 nitrogen and oxygen atoms in total. The average Bonchev–Trinajstić information content (AvgIpc) is 2.89. The fourth-order valence-electron chi connectivity index (χ4n) is 1.65. The van der Waals surface area contributed by atoms with Crippen LogP contribution in [0.3, 0.4) is 0 Å². The largest absolute Gasteiger partial charge is 0.437 e. The van der Waals surface area contributed by atoms with E-state index in [-0.39, 0.29) is 0 Å². The zero-order valence-electron chi connectivity index (χ0n) is 10.3. The molecule has 0 bridgehead atoms. The topological polar surface area (TPSA) is 50.7 Å². The predicted molar refractivity (Wildman–Crippen MR) is 81.8 cm³/mol. The van der Waals surface area contributed by atoms with Gasteiger partial charge in [0.25, 0.3) is 0 Å². The minimum atomic E-state index is -0.598. The minimum absolute atomic E-state index is 0.598. The molecule has 1 heterocycles. The van der Waals surface area contributed by atoms with Crippen molar-refractivity contribution in [3.63, 3.8) is 0 Å². The number of carbonyl (C=O) groups is 1. The van der Waals surface area contributed by atoms with Crippen molar-refractivity contribution in [3.8, 4) is 0 Å². The van der Waals surface area contributed by atoms with Crippen LogP contribution < -0.4 is 9.99 Å². The lowest BCUT2D eigenvalue weighted by atomic mass is 10.3. The molecule has 1 aromatic heterocycles. The molecule has 0 saturated carbocycles. The molecule has 0 aliphatic rings. The molecule has 0 aliphatic carbocycles. The number of hydrogen-bond acceptors (Lipinski definition) is 5. The molecule has 0 fully saturated rings. The average molecular weight is 302 g/mol. The Kier molecular flexibility index (Phi) is 3.76. The lowest BCUT2D eigenvalue weighted by molar-refractivity contribution is 0.162. The van der Waals surface area contributed by atoms with E-state index in [9.17, 15) is 4.79 Å². The van der Waals surface area contributed by atoms with E-state index in [4.69, 9.17) is 4.84 Å². The van der Waals surface area contributed by atoms with E-state index in [2.05, 4.69) is 10.5 Å². The molecule has 20 heavy (non-hydrogen) atoms. The number of hydrogen-bond donors (Lipinski definition) is 1. The summed E-state index contributed by atoms with van der Waals surface area (Å²) in [6, 6.07) is 17.0. The van der Waals surface area contributed by atoms with Crippen molar-refractivity contribution in [2.45, 2.75) is 0 Å². The summed E-state index contributed by atoms with van der Waals surface area (Å²) in [5.74, 6) is 0. The third kappa shape index (κ3) is 2.87. The molecule has 0 spiro atoms. The van der Waals surface area contributed by atoms with Gasteiger partial charge in [0.05, 0.1) is 0 Å². The molecular formula is C14H10N2O2S2. The Morgan fingerprint density at radius 1 is 1.00 bits per heavy atom. The number of nitrogens with zero attached hydrogens (tertiary/aromatic N) is 1. The van der Waals surface area contributed by atoms with Crippen molar-refractivity contribution in [2.75, 3.05) is 5.32 Å². The number of anilines is 1. The van der Waals surface area contributed by atoms with Crippen LogP contribution in [0.25, 0.3) is 10.1 Å². The van der Waals surface area contributed by atoms with Gasteiger partial charge in [-0.2, -0.15) is 0 Å². The Hall–Kier alpha value is -2.18. The van der Waals surface area contributed by atoms with E-state index < -0.39 is 6.09 Å². The van der Waals surface area contributed by atoms with E-state index in [1.807, 2.05) is 42.5 Å². The first-order chi connectivity index (χ1) is 9.83. The Balaban J connectivity index is 1.75. The summed E-state index contributed by atoms with van der Waals surface area (Å²) in [6.07, 6.45) is -0.598. The van der Waals surface area contributed by atoms with E-state index in [0.29, 0.717) is 10.4 Å². The van der Waals surface area contributed by atoms with Crippen molar-refractivity contribution in [2.24, 2.45) is 5.16 Å². The molecule has 0 unspecified atom stereocenters. The summed E-state index contributed by atoms with van der Waals surface area (Å²) < 4.78 is 1.83. The molecule has 1 amide bonds. The second-order valence-electron chi connectivity index (χ2n) is 3.93. The molecule has 0 aliphatic heterocycles. The van der Waals surface area contributed by atoms with Crippen molar-refractivity contribution in [3.05, 3.63) is 59.3 Å². The standard InChI is InChI=1S/C14H10N2O2S2/c17-14(15-10-6-2-1-3-7-10)18-16-13-11-8-4-5-9-12(11)19-20-13/h1-9H,(H,15,17)/b16-13-. The summed E-state index contributed by atoms with van der Waals surface area (Å²) in [7, 11) is 3.09. The molecule has 3 aromatic rings. The van der Waals surface area contributed by atoms with Crippen molar-refractivity contribution < 1.29 is 9.63 Å². The molecule has 0 saturated heterocycles. The normalized spacial score (nSPS) is 11.5. The highest BCUT2D eigenvalue weighted by Gasteiger charge is 2.03. The highest BCUT2D eigenvalue weighted by Crippen LogP contribution is 2.19. The van der Waals surface area contributed by atoms with Crippen molar-refractivity contribution >= 4 is 42.5 Å². The molecular weight excluding hydrogens is 292 g/mol. The molecule has 1 N–H and O–H groups in total. The Labute approximate surface area is 122 Å². The molecule has 3 rings (SSSR count). The molecule has 0 radical (unpaired) electrons. The molecule has 0 atom stereocenters. The van der Waals surface area contributed by atoms with Crippen LogP contribution in [0.4, 0.5) is 10.5 Å². The van der Waals surface area contributed by atoms with Crippen LogP contribution in [0.2, 0.25) is 0 Å². The van der Waals surface area contributed by atoms with Crippen LogP contribution in [0.5, 0.6) is 0 Å². The SMILES string of the molecule is O=C(Nc1ccccc1)O/N=c1\ssc2ccccc12. The van der Waals surface area contributed by atoms with Gasteiger partial charge >= 0.3 is 6.09 Å². The van der Waals surface area contributed by atoms with Crippen LogP contribution in [0, 0.1) is 0 Å². The zero-order valence-corrected chi connectivity index (χ0v) is 11.9.